The predicted octanol–water partition coefficient (Wildman–Crippen LogP) is 2.23. The van der Waals surface area contributed by atoms with Crippen molar-refractivity contribution in [1.29, 1.82) is 0 Å². The molecule has 0 saturated carbocycles. The van der Waals surface area contributed by atoms with Gasteiger partial charge in [0.05, 0.1) is 12.3 Å². The van der Waals surface area contributed by atoms with Gasteiger partial charge in [0.2, 0.25) is 5.91 Å². The van der Waals surface area contributed by atoms with Crippen molar-refractivity contribution in [2.75, 3.05) is 29.9 Å². The average molecular weight is 283 g/mol. The number of hydrogen-bond donors (Lipinski definition) is 2. The van der Waals surface area contributed by atoms with Crippen LogP contribution in [0, 0.1) is 12.3 Å². The van der Waals surface area contributed by atoms with E-state index in [2.05, 4.69) is 16.6 Å². The van der Waals surface area contributed by atoms with Gasteiger partial charge in [-0.1, -0.05) is 23.6 Å². The molecule has 5 heteroatoms. The Bertz CT molecular complexity index is 431. The summed E-state index contributed by atoms with van der Waals surface area (Å²) in [5.74, 6) is 4.07. The number of rotatable bonds is 7. The Balaban J connectivity index is 2.16. The van der Waals surface area contributed by atoms with Crippen molar-refractivity contribution in [2.24, 2.45) is 0 Å². The number of hydrogen-bond acceptors (Lipinski definition) is 3. The van der Waals surface area contributed by atoms with Gasteiger partial charge in [0.1, 0.15) is 0 Å². The number of terminal acetylenes is 1. The van der Waals surface area contributed by atoms with Gasteiger partial charge in [0.25, 0.3) is 0 Å². The highest BCUT2D eigenvalue weighted by Crippen LogP contribution is 2.14. The summed E-state index contributed by atoms with van der Waals surface area (Å²) in [6, 6.07) is 7.06. The summed E-state index contributed by atoms with van der Waals surface area (Å²) >= 11 is 7.48. The van der Waals surface area contributed by atoms with Gasteiger partial charge in [-0.25, -0.2) is 0 Å². The molecule has 3 nitrogen and oxygen atoms in total. The number of carbonyl (C=O) groups is 1. The van der Waals surface area contributed by atoms with Crippen LogP contribution in [0.3, 0.4) is 0 Å². The summed E-state index contributed by atoms with van der Waals surface area (Å²) < 4.78 is 0. The smallest absolute Gasteiger partial charge is 0.238 e. The number of carbonyl (C=O) groups excluding carboxylic acids is 1. The minimum atomic E-state index is -0.0841. The van der Waals surface area contributed by atoms with Crippen LogP contribution in [-0.4, -0.2) is 30.5 Å². The van der Waals surface area contributed by atoms with E-state index < -0.39 is 0 Å². The Morgan fingerprint density at radius 3 is 3.06 bits per heavy atom. The molecule has 1 amide bonds. The van der Waals surface area contributed by atoms with Gasteiger partial charge in [-0.3, -0.25) is 4.79 Å². The van der Waals surface area contributed by atoms with Crippen molar-refractivity contribution in [3.63, 3.8) is 0 Å². The van der Waals surface area contributed by atoms with Gasteiger partial charge < -0.3 is 10.6 Å². The first-order chi connectivity index (χ1) is 8.72. The predicted molar refractivity (Wildman–Crippen MR) is 79.1 cm³/mol. The highest BCUT2D eigenvalue weighted by atomic mass is 35.5. The molecule has 0 radical (unpaired) electrons. The molecule has 0 saturated heterocycles. The van der Waals surface area contributed by atoms with Crippen molar-refractivity contribution in [3.8, 4) is 12.3 Å². The molecular formula is C13H15ClN2OS. The second-order valence-corrected chi connectivity index (χ2v) is 5.03. The van der Waals surface area contributed by atoms with E-state index >= 15 is 0 Å². The van der Waals surface area contributed by atoms with Crippen molar-refractivity contribution in [2.45, 2.75) is 0 Å². The molecule has 0 fully saturated rings. The van der Waals surface area contributed by atoms with Crippen LogP contribution in [0.25, 0.3) is 0 Å². The molecule has 0 aliphatic heterocycles. The summed E-state index contributed by atoms with van der Waals surface area (Å²) in [6.45, 7) is 1.04. The highest BCUT2D eigenvalue weighted by Gasteiger charge is 2.01. The summed E-state index contributed by atoms with van der Waals surface area (Å²) in [4.78, 5) is 11.6. The minimum absolute atomic E-state index is 0.0841. The molecule has 0 spiro atoms. The Morgan fingerprint density at radius 1 is 1.50 bits per heavy atom. The topological polar surface area (TPSA) is 41.1 Å². The maximum atomic E-state index is 11.6. The molecule has 1 rings (SSSR count). The fraction of sp³-hybridized carbons (Fsp3) is 0.308. The van der Waals surface area contributed by atoms with E-state index in [-0.39, 0.29) is 12.5 Å². The number of thioether (sulfide) groups is 1. The average Bonchev–Trinajstić information content (AvgIpc) is 2.33. The van der Waals surface area contributed by atoms with E-state index in [4.69, 9.17) is 18.0 Å². The lowest BCUT2D eigenvalue weighted by atomic mass is 10.3. The molecule has 0 aromatic heterocycles. The van der Waals surface area contributed by atoms with E-state index in [1.54, 1.807) is 36.0 Å². The molecule has 0 aliphatic rings. The van der Waals surface area contributed by atoms with Crippen LogP contribution >= 0.6 is 23.4 Å². The van der Waals surface area contributed by atoms with Gasteiger partial charge in [-0.05, 0) is 18.2 Å². The van der Waals surface area contributed by atoms with Crippen molar-refractivity contribution >= 4 is 35.0 Å². The quantitative estimate of drug-likeness (QED) is 0.595. The number of anilines is 1. The van der Waals surface area contributed by atoms with E-state index in [9.17, 15) is 4.79 Å². The summed E-state index contributed by atoms with van der Waals surface area (Å²) in [6.07, 6.45) is 5.12. The molecule has 0 atom stereocenters. The zero-order valence-electron chi connectivity index (χ0n) is 9.91. The summed E-state index contributed by atoms with van der Waals surface area (Å²) in [5.41, 5.74) is 0.705. The van der Waals surface area contributed by atoms with Gasteiger partial charge in [-0.15, -0.1) is 18.2 Å². The highest BCUT2D eigenvalue weighted by molar-refractivity contribution is 7.99. The number of benzene rings is 1. The van der Waals surface area contributed by atoms with Gasteiger partial charge in [-0.2, -0.15) is 0 Å². The number of nitrogens with one attached hydrogen (secondary N) is 2. The Kier molecular flexibility index (Phi) is 7.35. The van der Waals surface area contributed by atoms with Crippen LogP contribution in [0.15, 0.2) is 24.3 Å². The van der Waals surface area contributed by atoms with Gasteiger partial charge >= 0.3 is 0 Å². The fourth-order valence-electron chi connectivity index (χ4n) is 1.25. The Labute approximate surface area is 117 Å². The summed E-state index contributed by atoms with van der Waals surface area (Å²) in [7, 11) is 0. The van der Waals surface area contributed by atoms with E-state index in [0.29, 0.717) is 16.5 Å². The number of halogens is 1. The van der Waals surface area contributed by atoms with E-state index in [1.807, 2.05) is 0 Å². The third-order valence-corrected chi connectivity index (χ3v) is 3.10. The van der Waals surface area contributed by atoms with E-state index in [1.165, 1.54) is 0 Å². The second kappa shape index (κ2) is 8.87. The van der Waals surface area contributed by atoms with Crippen LogP contribution in [0.1, 0.15) is 0 Å². The molecule has 96 valence electrons. The zero-order chi connectivity index (χ0) is 13.2. The molecule has 0 heterocycles. The van der Waals surface area contributed by atoms with Crippen LogP contribution in [0.4, 0.5) is 5.69 Å². The van der Waals surface area contributed by atoms with Crippen molar-refractivity contribution < 1.29 is 4.79 Å². The molecule has 0 unspecified atom stereocenters. The normalized spacial score (nSPS) is 9.78. The first-order valence-corrected chi connectivity index (χ1v) is 7.03. The third kappa shape index (κ3) is 6.55. The van der Waals surface area contributed by atoms with Crippen LogP contribution in [0.2, 0.25) is 5.02 Å². The fourth-order valence-corrected chi connectivity index (χ4v) is 1.99. The molecule has 0 bridgehead atoms. The van der Waals surface area contributed by atoms with Crippen LogP contribution < -0.4 is 10.6 Å². The largest absolute Gasteiger partial charge is 0.325 e. The molecule has 2 N–H and O–H groups in total. The van der Waals surface area contributed by atoms with Crippen molar-refractivity contribution in [1.82, 2.24) is 5.32 Å². The molecule has 1 aromatic rings. The molecular weight excluding hydrogens is 268 g/mol. The summed E-state index contributed by atoms with van der Waals surface area (Å²) in [5, 5.41) is 6.41. The van der Waals surface area contributed by atoms with Gasteiger partial charge in [0, 0.05) is 23.0 Å². The first kappa shape index (κ1) is 14.9. The Hall–Kier alpha value is -1.15. The lowest BCUT2D eigenvalue weighted by Gasteiger charge is -2.06. The maximum absolute atomic E-state index is 11.6. The minimum Gasteiger partial charge on any atom is -0.325 e. The number of amides is 1. The van der Waals surface area contributed by atoms with Crippen LogP contribution in [0.5, 0.6) is 0 Å². The molecule has 18 heavy (non-hydrogen) atoms. The van der Waals surface area contributed by atoms with E-state index in [0.717, 1.165) is 12.3 Å². The van der Waals surface area contributed by atoms with Crippen LogP contribution in [-0.2, 0) is 4.79 Å². The molecule has 0 aliphatic carbocycles. The second-order valence-electron chi connectivity index (χ2n) is 3.49. The zero-order valence-corrected chi connectivity index (χ0v) is 11.5. The lowest BCUT2D eigenvalue weighted by molar-refractivity contribution is -0.115. The lowest BCUT2D eigenvalue weighted by Crippen LogP contribution is -2.29. The van der Waals surface area contributed by atoms with Gasteiger partial charge in [0.15, 0.2) is 0 Å². The third-order valence-electron chi connectivity index (χ3n) is 2.00. The first-order valence-electron chi connectivity index (χ1n) is 5.49. The maximum Gasteiger partial charge on any atom is 0.238 e. The standard InChI is InChI=1S/C13H15ClN2OS/c1-2-7-18-8-6-15-10-13(17)16-12-5-3-4-11(14)9-12/h1,3-5,9,15H,6-8,10H2,(H,16,17). The van der Waals surface area contributed by atoms with Crippen molar-refractivity contribution in [3.05, 3.63) is 29.3 Å². The SMILES string of the molecule is C#CCSCCNCC(=O)Nc1cccc(Cl)c1. The molecule has 1 aromatic carbocycles. The monoisotopic (exact) mass is 282 g/mol. The Morgan fingerprint density at radius 2 is 2.33 bits per heavy atom.